The van der Waals surface area contributed by atoms with Gasteiger partial charge in [-0.2, -0.15) is 5.10 Å². The summed E-state index contributed by atoms with van der Waals surface area (Å²) in [6.07, 6.45) is 4.03. The molecule has 0 aliphatic heterocycles. The molecule has 0 unspecified atom stereocenters. The van der Waals surface area contributed by atoms with Crippen LogP contribution in [0.25, 0.3) is 26.8 Å². The number of aromatic nitrogens is 4. The molecule has 0 aliphatic rings. The van der Waals surface area contributed by atoms with E-state index < -0.39 is 0 Å². The molecule has 0 amide bonds. The molecular formula is C17H14N4S4. The lowest BCUT2D eigenvalue weighted by Crippen LogP contribution is -1.98. The Kier molecular flexibility index (Phi) is 4.53. The second-order valence-electron chi connectivity index (χ2n) is 5.35. The first-order chi connectivity index (χ1) is 12.1. The molecule has 0 spiro atoms. The number of fused-ring (bicyclic) bond motifs is 3. The molecular weight excluding hydrogens is 388 g/mol. The first kappa shape index (κ1) is 17.0. The van der Waals surface area contributed by atoms with Gasteiger partial charge in [-0.05, 0) is 31.6 Å². The highest BCUT2D eigenvalue weighted by atomic mass is 32.2. The van der Waals surface area contributed by atoms with E-state index in [-0.39, 0.29) is 0 Å². The third kappa shape index (κ3) is 2.77. The molecule has 0 N–H and O–H groups in total. The average Bonchev–Trinajstić information content (AvgIpc) is 2.99. The maximum Gasteiger partial charge on any atom is 0.189 e. The Morgan fingerprint density at radius 2 is 1.80 bits per heavy atom. The van der Waals surface area contributed by atoms with Gasteiger partial charge in [-0.15, -0.1) is 23.1 Å². The molecule has 0 aliphatic carbocycles. The van der Waals surface area contributed by atoms with Crippen LogP contribution < -0.4 is 0 Å². The van der Waals surface area contributed by atoms with Crippen LogP contribution in [0.1, 0.15) is 5.69 Å². The quantitative estimate of drug-likeness (QED) is 0.195. The zero-order chi connectivity index (χ0) is 17.6. The van der Waals surface area contributed by atoms with Gasteiger partial charge in [-0.3, -0.25) is 0 Å². The topological polar surface area (TPSA) is 43.6 Å². The Labute approximate surface area is 162 Å². The predicted octanol–water partition coefficient (Wildman–Crippen LogP) is 5.51. The number of hydrogen-bond donors (Lipinski definition) is 0. The minimum Gasteiger partial charge on any atom is -0.232 e. The monoisotopic (exact) mass is 402 g/mol. The van der Waals surface area contributed by atoms with E-state index in [1.54, 1.807) is 23.5 Å². The Morgan fingerprint density at radius 3 is 2.48 bits per heavy atom. The normalized spacial score (nSPS) is 11.5. The first-order valence-electron chi connectivity index (χ1n) is 7.51. The third-order valence-corrected chi connectivity index (χ3v) is 6.45. The van der Waals surface area contributed by atoms with Crippen molar-refractivity contribution in [2.24, 2.45) is 0 Å². The van der Waals surface area contributed by atoms with Crippen molar-refractivity contribution in [2.75, 3.05) is 12.5 Å². The summed E-state index contributed by atoms with van der Waals surface area (Å²) in [6, 6.07) is 10.1. The molecule has 0 atom stereocenters. The summed E-state index contributed by atoms with van der Waals surface area (Å²) in [5.41, 5.74) is 2.94. The fourth-order valence-corrected chi connectivity index (χ4v) is 5.37. The maximum atomic E-state index is 5.68. The van der Waals surface area contributed by atoms with Crippen LogP contribution in [-0.2, 0) is 0 Å². The highest BCUT2D eigenvalue weighted by molar-refractivity contribution is 7.99. The van der Waals surface area contributed by atoms with Gasteiger partial charge in [-0.1, -0.05) is 42.2 Å². The van der Waals surface area contributed by atoms with Crippen LogP contribution in [0.15, 0.2) is 40.5 Å². The molecule has 4 rings (SSSR count). The van der Waals surface area contributed by atoms with Crippen LogP contribution in [0.5, 0.6) is 0 Å². The van der Waals surface area contributed by atoms with Crippen molar-refractivity contribution >= 4 is 68.2 Å². The molecule has 0 fully saturated rings. The second kappa shape index (κ2) is 6.68. The lowest BCUT2D eigenvalue weighted by atomic mass is 10.2. The lowest BCUT2D eigenvalue weighted by Gasteiger charge is -2.09. The van der Waals surface area contributed by atoms with Crippen LogP contribution >= 0.6 is 47.1 Å². The molecule has 0 saturated carbocycles. The summed E-state index contributed by atoms with van der Waals surface area (Å²) in [4.78, 5) is 10.3. The number of aryl methyl sites for hydroxylation is 1. The van der Waals surface area contributed by atoms with Gasteiger partial charge >= 0.3 is 0 Å². The summed E-state index contributed by atoms with van der Waals surface area (Å²) in [7, 11) is 0. The predicted molar refractivity (Wildman–Crippen MR) is 111 cm³/mol. The highest BCUT2D eigenvalue weighted by Gasteiger charge is 2.19. The maximum absolute atomic E-state index is 5.68. The molecule has 1 aromatic carbocycles. The lowest BCUT2D eigenvalue weighted by molar-refractivity contribution is 0.887. The molecule has 3 aromatic heterocycles. The number of hydrogen-bond acceptors (Lipinski definition) is 7. The molecule has 0 saturated heterocycles. The van der Waals surface area contributed by atoms with Gasteiger partial charge in [0.2, 0.25) is 0 Å². The van der Waals surface area contributed by atoms with Crippen LogP contribution in [0.2, 0.25) is 0 Å². The Bertz CT molecular complexity index is 1150. The third-order valence-electron chi connectivity index (χ3n) is 3.89. The van der Waals surface area contributed by atoms with Crippen molar-refractivity contribution in [3.8, 4) is 5.69 Å². The van der Waals surface area contributed by atoms with Crippen molar-refractivity contribution in [3.05, 3.63) is 39.8 Å². The van der Waals surface area contributed by atoms with E-state index in [4.69, 9.17) is 27.3 Å². The molecule has 4 nitrogen and oxygen atoms in total. The minimum atomic E-state index is 0.768. The largest absolute Gasteiger partial charge is 0.232 e. The van der Waals surface area contributed by atoms with Gasteiger partial charge in [0.05, 0.1) is 27.7 Å². The summed E-state index contributed by atoms with van der Waals surface area (Å²) < 4.78 is 2.79. The summed E-state index contributed by atoms with van der Waals surface area (Å²) in [5, 5.41) is 8.56. The fraction of sp³-hybridized carbons (Fsp3) is 0.176. The van der Waals surface area contributed by atoms with Crippen LogP contribution in [0, 0.1) is 10.7 Å². The number of nitrogens with zero attached hydrogens (tertiary/aromatic N) is 4. The number of benzene rings is 1. The van der Waals surface area contributed by atoms with E-state index in [0.29, 0.717) is 0 Å². The number of para-hydroxylation sites is 1. The van der Waals surface area contributed by atoms with Gasteiger partial charge in [0.25, 0.3) is 0 Å². The molecule has 8 heteroatoms. The zero-order valence-electron chi connectivity index (χ0n) is 13.8. The standard InChI is InChI=1S/C17H14N4S4/c1-9-11-13(21(20-9)10-7-5-4-6-8-10)12-14(23-2)18-17(24-3)19-15(12)25-16(11)22/h4-8H,1-3H3. The van der Waals surface area contributed by atoms with Crippen molar-refractivity contribution in [2.45, 2.75) is 17.1 Å². The summed E-state index contributed by atoms with van der Waals surface area (Å²) >= 11 is 10.4. The minimum absolute atomic E-state index is 0.768. The average molecular weight is 403 g/mol. The van der Waals surface area contributed by atoms with Crippen molar-refractivity contribution in [1.82, 2.24) is 19.7 Å². The molecule has 126 valence electrons. The molecule has 25 heavy (non-hydrogen) atoms. The molecule has 3 heterocycles. The van der Waals surface area contributed by atoms with E-state index in [1.165, 1.54) is 11.3 Å². The van der Waals surface area contributed by atoms with Gasteiger partial charge in [0, 0.05) is 0 Å². The number of rotatable bonds is 3. The second-order valence-corrected chi connectivity index (χ2v) is 8.58. The number of thioether (sulfide) groups is 2. The molecule has 0 bridgehead atoms. The van der Waals surface area contributed by atoms with E-state index in [0.717, 1.165) is 46.5 Å². The Balaban J connectivity index is 2.24. The van der Waals surface area contributed by atoms with E-state index in [2.05, 4.69) is 0 Å². The van der Waals surface area contributed by atoms with Crippen LogP contribution in [0.3, 0.4) is 0 Å². The smallest absolute Gasteiger partial charge is 0.189 e. The van der Waals surface area contributed by atoms with Gasteiger partial charge < -0.3 is 0 Å². The van der Waals surface area contributed by atoms with E-state index in [9.17, 15) is 0 Å². The molecule has 4 aromatic rings. The van der Waals surface area contributed by atoms with E-state index in [1.807, 2.05) is 54.4 Å². The van der Waals surface area contributed by atoms with Crippen LogP contribution in [0.4, 0.5) is 0 Å². The molecule has 0 radical (unpaired) electrons. The van der Waals surface area contributed by atoms with Gasteiger partial charge in [0.1, 0.15) is 13.7 Å². The van der Waals surface area contributed by atoms with Crippen molar-refractivity contribution in [3.63, 3.8) is 0 Å². The SMILES string of the molecule is CSc1nc(SC)c2c(n1)sc(=S)c1c(C)nn(-c3ccccc3)c12. The van der Waals surface area contributed by atoms with E-state index >= 15 is 0 Å². The van der Waals surface area contributed by atoms with Crippen molar-refractivity contribution < 1.29 is 0 Å². The van der Waals surface area contributed by atoms with Crippen LogP contribution in [-0.4, -0.2) is 32.3 Å². The zero-order valence-corrected chi connectivity index (χ0v) is 17.1. The van der Waals surface area contributed by atoms with Crippen molar-refractivity contribution in [1.29, 1.82) is 0 Å². The van der Waals surface area contributed by atoms with Gasteiger partial charge in [-0.25, -0.2) is 14.6 Å². The first-order valence-corrected chi connectivity index (χ1v) is 11.2. The Morgan fingerprint density at radius 1 is 1.04 bits per heavy atom. The van der Waals surface area contributed by atoms with Gasteiger partial charge in [0.15, 0.2) is 5.16 Å². The Hall–Kier alpha value is -1.48. The summed E-state index contributed by atoms with van der Waals surface area (Å²) in [6.45, 7) is 2.01. The summed E-state index contributed by atoms with van der Waals surface area (Å²) in [5.74, 6) is 0. The highest BCUT2D eigenvalue weighted by Crippen LogP contribution is 2.37. The fourth-order valence-electron chi connectivity index (χ4n) is 2.81.